The van der Waals surface area contributed by atoms with Crippen LogP contribution >= 0.6 is 24.8 Å². The highest BCUT2D eigenvalue weighted by molar-refractivity contribution is 5.85. The molecule has 1 aliphatic rings. The lowest BCUT2D eigenvalue weighted by molar-refractivity contribution is 0.0467. The van der Waals surface area contributed by atoms with Gasteiger partial charge in [-0.1, -0.05) is 66.7 Å². The van der Waals surface area contributed by atoms with E-state index in [0.717, 1.165) is 50.4 Å². The molecule has 0 atom stereocenters. The monoisotopic (exact) mass is 520 g/mol. The van der Waals surface area contributed by atoms with Crippen molar-refractivity contribution in [2.24, 2.45) is 0 Å². The first-order chi connectivity index (χ1) is 16.2. The number of hydrogen-bond donors (Lipinski definition) is 0. The molecule has 3 nitrogen and oxygen atoms in total. The summed E-state index contributed by atoms with van der Waals surface area (Å²) in [4.78, 5) is 4.86. The third-order valence-electron chi connectivity index (χ3n) is 5.98. The van der Waals surface area contributed by atoms with Gasteiger partial charge in [-0.15, -0.1) is 24.8 Å². The van der Waals surface area contributed by atoms with Crippen molar-refractivity contribution >= 4 is 30.9 Å². The highest BCUT2D eigenvalue weighted by atomic mass is 35.5. The predicted molar refractivity (Wildman–Crippen MR) is 143 cm³/mol. The molecule has 188 valence electrons. The molecule has 4 rings (SSSR count). The molecule has 0 saturated carbocycles. The molecule has 3 aromatic carbocycles. The van der Waals surface area contributed by atoms with Crippen LogP contribution in [0.4, 0.5) is 8.78 Å². The Bertz CT molecular complexity index is 964. The van der Waals surface area contributed by atoms with E-state index in [0.29, 0.717) is 6.61 Å². The van der Waals surface area contributed by atoms with Crippen LogP contribution in [-0.4, -0.2) is 55.7 Å². The van der Waals surface area contributed by atoms with E-state index in [4.69, 9.17) is 4.74 Å². The molecule has 0 spiro atoms. The summed E-state index contributed by atoms with van der Waals surface area (Å²) < 4.78 is 33.0. The second-order valence-corrected chi connectivity index (χ2v) is 8.31. The Balaban J connectivity index is 0.00000216. The van der Waals surface area contributed by atoms with Crippen LogP contribution in [0.1, 0.15) is 22.8 Å². The molecule has 1 saturated heterocycles. The van der Waals surface area contributed by atoms with E-state index in [2.05, 4.69) is 46.2 Å². The highest BCUT2D eigenvalue weighted by Gasteiger charge is 2.18. The van der Waals surface area contributed by atoms with E-state index >= 15 is 0 Å². The van der Waals surface area contributed by atoms with E-state index in [1.807, 2.05) is 6.07 Å². The van der Waals surface area contributed by atoms with Gasteiger partial charge in [-0.3, -0.25) is 9.80 Å². The van der Waals surface area contributed by atoms with Gasteiger partial charge in [0.1, 0.15) is 17.7 Å². The largest absolute Gasteiger partial charge is 0.367 e. The minimum absolute atomic E-state index is 0. The summed E-state index contributed by atoms with van der Waals surface area (Å²) in [6, 6.07) is 23.0. The summed E-state index contributed by atoms with van der Waals surface area (Å²) in [6.45, 7) is 6.38. The minimum Gasteiger partial charge on any atom is -0.367 e. The van der Waals surface area contributed by atoms with Gasteiger partial charge in [-0.05, 0) is 41.0 Å². The highest BCUT2D eigenvalue weighted by Crippen LogP contribution is 2.26. The summed E-state index contributed by atoms with van der Waals surface area (Å²) in [6.07, 6.45) is 4.05. The van der Waals surface area contributed by atoms with Crippen molar-refractivity contribution in [2.45, 2.75) is 6.10 Å². The van der Waals surface area contributed by atoms with Crippen LogP contribution in [0.25, 0.3) is 6.08 Å². The van der Waals surface area contributed by atoms with Crippen molar-refractivity contribution in [1.29, 1.82) is 0 Å². The lowest BCUT2D eigenvalue weighted by Crippen LogP contribution is -2.47. The maximum absolute atomic E-state index is 13.4. The third-order valence-corrected chi connectivity index (χ3v) is 5.98. The predicted octanol–water partition coefficient (Wildman–Crippen LogP) is 6.25. The number of piperazine rings is 1. The second kappa shape index (κ2) is 15.0. The van der Waals surface area contributed by atoms with Crippen LogP contribution in [0.5, 0.6) is 0 Å². The van der Waals surface area contributed by atoms with Crippen LogP contribution in [0.3, 0.4) is 0 Å². The van der Waals surface area contributed by atoms with Gasteiger partial charge < -0.3 is 4.74 Å². The van der Waals surface area contributed by atoms with Crippen molar-refractivity contribution in [1.82, 2.24) is 9.80 Å². The van der Waals surface area contributed by atoms with Gasteiger partial charge in [0.2, 0.25) is 0 Å². The van der Waals surface area contributed by atoms with E-state index in [1.165, 1.54) is 29.8 Å². The van der Waals surface area contributed by atoms with Crippen molar-refractivity contribution in [2.75, 3.05) is 45.9 Å². The Morgan fingerprint density at radius 3 is 1.77 bits per heavy atom. The average Bonchev–Trinajstić information content (AvgIpc) is 2.85. The molecule has 0 radical (unpaired) electrons. The molecule has 0 N–H and O–H groups in total. The zero-order valence-corrected chi connectivity index (χ0v) is 21.2. The Morgan fingerprint density at radius 2 is 1.23 bits per heavy atom. The molecule has 0 amide bonds. The van der Waals surface area contributed by atoms with Crippen LogP contribution < -0.4 is 0 Å². The molecule has 35 heavy (non-hydrogen) atoms. The van der Waals surface area contributed by atoms with Gasteiger partial charge in [-0.2, -0.15) is 0 Å². The zero-order valence-electron chi connectivity index (χ0n) is 19.6. The number of benzene rings is 3. The summed E-state index contributed by atoms with van der Waals surface area (Å²) >= 11 is 0. The molecule has 7 heteroatoms. The molecule has 0 aromatic heterocycles. The summed E-state index contributed by atoms with van der Waals surface area (Å²) in [5, 5.41) is 0. The number of halogens is 4. The standard InChI is InChI=1S/C28H30F2N2O.2ClH/c29-26-12-8-24(9-13-26)28(25-10-14-27(30)15-11-25)33-22-21-32-19-17-31(18-20-32)16-4-7-23-5-2-1-3-6-23;;/h1-15,28H,16-22H2;2*1H/b7-4+;;. The number of nitrogens with zero attached hydrogens (tertiary/aromatic N) is 2. The normalized spacial score (nSPS) is 14.6. The van der Waals surface area contributed by atoms with E-state index < -0.39 is 0 Å². The van der Waals surface area contributed by atoms with Gasteiger partial charge in [0.05, 0.1) is 6.61 Å². The Labute approximate surface area is 219 Å². The number of rotatable bonds is 9. The summed E-state index contributed by atoms with van der Waals surface area (Å²) in [5.74, 6) is -0.568. The van der Waals surface area contributed by atoms with Crippen molar-refractivity contribution < 1.29 is 13.5 Å². The fourth-order valence-electron chi connectivity index (χ4n) is 4.06. The maximum Gasteiger partial charge on any atom is 0.123 e. The maximum atomic E-state index is 13.4. The Kier molecular flexibility index (Phi) is 12.4. The summed E-state index contributed by atoms with van der Waals surface area (Å²) in [7, 11) is 0. The third kappa shape index (κ3) is 9.02. The molecular formula is C28H32Cl2F2N2O. The second-order valence-electron chi connectivity index (χ2n) is 8.31. The first-order valence-electron chi connectivity index (χ1n) is 11.5. The van der Waals surface area contributed by atoms with Gasteiger partial charge >= 0.3 is 0 Å². The number of ether oxygens (including phenoxy) is 1. The first-order valence-corrected chi connectivity index (χ1v) is 11.5. The van der Waals surface area contributed by atoms with Gasteiger partial charge in [0.15, 0.2) is 0 Å². The van der Waals surface area contributed by atoms with Crippen LogP contribution in [0.2, 0.25) is 0 Å². The molecule has 3 aromatic rings. The van der Waals surface area contributed by atoms with E-state index in [-0.39, 0.29) is 42.6 Å². The molecule has 0 bridgehead atoms. The van der Waals surface area contributed by atoms with Crippen LogP contribution in [0, 0.1) is 11.6 Å². The van der Waals surface area contributed by atoms with Gasteiger partial charge in [0, 0.05) is 39.3 Å². The molecule has 0 aliphatic carbocycles. The molecule has 1 aliphatic heterocycles. The van der Waals surface area contributed by atoms with Crippen molar-refractivity contribution in [3.05, 3.63) is 113 Å². The minimum atomic E-state index is -0.351. The smallest absolute Gasteiger partial charge is 0.123 e. The fraction of sp³-hybridized carbons (Fsp3) is 0.286. The molecule has 0 unspecified atom stereocenters. The molecule has 1 heterocycles. The lowest BCUT2D eigenvalue weighted by Gasteiger charge is -2.34. The quantitative estimate of drug-likeness (QED) is 0.331. The van der Waals surface area contributed by atoms with Crippen LogP contribution in [0.15, 0.2) is 84.9 Å². The lowest BCUT2D eigenvalue weighted by atomic mass is 10.0. The summed E-state index contributed by atoms with van der Waals surface area (Å²) in [5.41, 5.74) is 2.95. The van der Waals surface area contributed by atoms with Crippen molar-refractivity contribution in [3.63, 3.8) is 0 Å². The molecular weight excluding hydrogens is 489 g/mol. The Morgan fingerprint density at radius 1 is 0.714 bits per heavy atom. The number of hydrogen-bond acceptors (Lipinski definition) is 3. The average molecular weight is 521 g/mol. The van der Waals surface area contributed by atoms with Crippen LogP contribution in [-0.2, 0) is 4.74 Å². The SMILES string of the molecule is Cl.Cl.Fc1ccc(C(OCCN2CCN(C/C=C/c3ccccc3)CC2)c2ccc(F)cc2)cc1. The van der Waals surface area contributed by atoms with Crippen molar-refractivity contribution in [3.8, 4) is 0 Å². The van der Waals surface area contributed by atoms with Gasteiger partial charge in [-0.25, -0.2) is 8.78 Å². The zero-order chi connectivity index (χ0) is 22.9. The van der Waals surface area contributed by atoms with Gasteiger partial charge in [0.25, 0.3) is 0 Å². The van der Waals surface area contributed by atoms with E-state index in [1.54, 1.807) is 24.3 Å². The Hall–Kier alpha value is -2.28. The first kappa shape index (κ1) is 29.0. The fourth-order valence-corrected chi connectivity index (χ4v) is 4.06. The van der Waals surface area contributed by atoms with E-state index in [9.17, 15) is 8.78 Å². The molecule has 1 fully saturated rings. The topological polar surface area (TPSA) is 15.7 Å².